The Bertz CT molecular complexity index is 457. The van der Waals surface area contributed by atoms with Gasteiger partial charge in [0.15, 0.2) is 5.82 Å². The van der Waals surface area contributed by atoms with Gasteiger partial charge in [-0.15, -0.1) is 10.2 Å². The van der Waals surface area contributed by atoms with E-state index in [1.165, 1.54) is 0 Å². The Hall–Kier alpha value is -1.96. The van der Waals surface area contributed by atoms with E-state index >= 15 is 0 Å². The number of rotatable bonds is 4. The van der Waals surface area contributed by atoms with Crippen molar-refractivity contribution in [1.82, 2.24) is 19.7 Å². The van der Waals surface area contributed by atoms with Crippen molar-refractivity contribution < 1.29 is 9.59 Å². The molecule has 8 heteroatoms. The number of nitrogens with zero attached hydrogens (tertiary/aromatic N) is 4. The maximum Gasteiger partial charge on any atom is 0.239 e. The first-order chi connectivity index (χ1) is 8.58. The molecule has 2 amide bonds. The first-order valence-electron chi connectivity index (χ1n) is 5.77. The van der Waals surface area contributed by atoms with Crippen LogP contribution in [0.1, 0.15) is 18.7 Å². The van der Waals surface area contributed by atoms with Crippen molar-refractivity contribution in [1.29, 1.82) is 0 Å². The average Bonchev–Trinajstić information content (AvgIpc) is 2.81. The summed E-state index contributed by atoms with van der Waals surface area (Å²) in [4.78, 5) is 24.3. The van der Waals surface area contributed by atoms with Crippen LogP contribution in [0.15, 0.2) is 6.33 Å². The zero-order valence-electron chi connectivity index (χ0n) is 9.95. The van der Waals surface area contributed by atoms with Gasteiger partial charge in [-0.2, -0.15) is 0 Å². The highest BCUT2D eigenvalue weighted by atomic mass is 16.2. The zero-order valence-corrected chi connectivity index (χ0v) is 9.95. The van der Waals surface area contributed by atoms with Gasteiger partial charge in [0, 0.05) is 19.5 Å². The Morgan fingerprint density at radius 2 is 2.22 bits per heavy atom. The van der Waals surface area contributed by atoms with Gasteiger partial charge >= 0.3 is 0 Å². The molecule has 2 heterocycles. The lowest BCUT2D eigenvalue weighted by Crippen LogP contribution is -2.47. The molecule has 0 saturated carbocycles. The minimum absolute atomic E-state index is 0.122. The fourth-order valence-electron chi connectivity index (χ4n) is 1.91. The first kappa shape index (κ1) is 12.5. The molecule has 8 nitrogen and oxygen atoms in total. The third-order valence-electron chi connectivity index (χ3n) is 2.97. The quantitative estimate of drug-likeness (QED) is 0.656. The zero-order chi connectivity index (χ0) is 13.1. The van der Waals surface area contributed by atoms with Gasteiger partial charge in [0.2, 0.25) is 11.8 Å². The second kappa shape index (κ2) is 5.13. The monoisotopic (exact) mass is 252 g/mol. The van der Waals surface area contributed by atoms with Crippen molar-refractivity contribution in [3.05, 3.63) is 12.2 Å². The summed E-state index contributed by atoms with van der Waals surface area (Å²) < 4.78 is 1.90. The Kier molecular flexibility index (Phi) is 3.56. The largest absolute Gasteiger partial charge is 0.370 e. The number of aromatic nitrogens is 3. The number of carbonyl (C=O) groups is 2. The van der Waals surface area contributed by atoms with Gasteiger partial charge in [0.25, 0.3) is 0 Å². The summed E-state index contributed by atoms with van der Waals surface area (Å²) in [5.74, 6) is 0.124. The Balaban J connectivity index is 1.92. The van der Waals surface area contributed by atoms with E-state index < -0.39 is 11.9 Å². The van der Waals surface area contributed by atoms with Crippen LogP contribution >= 0.6 is 0 Å². The highest BCUT2D eigenvalue weighted by Gasteiger charge is 2.25. The predicted molar refractivity (Wildman–Crippen MR) is 61.8 cm³/mol. The van der Waals surface area contributed by atoms with Crippen molar-refractivity contribution in [2.75, 3.05) is 6.54 Å². The number of hydrogen-bond acceptors (Lipinski definition) is 5. The lowest BCUT2D eigenvalue weighted by Gasteiger charge is -2.29. The van der Waals surface area contributed by atoms with E-state index in [0.29, 0.717) is 19.6 Å². The lowest BCUT2D eigenvalue weighted by molar-refractivity contribution is -0.134. The van der Waals surface area contributed by atoms with Crippen molar-refractivity contribution in [3.63, 3.8) is 0 Å². The number of amides is 2. The number of fused-ring (bicyclic) bond motifs is 1. The number of hydrogen-bond donors (Lipinski definition) is 2. The highest BCUT2D eigenvalue weighted by Crippen LogP contribution is 2.11. The number of nitrogens with two attached hydrogens (primary N) is 2. The van der Waals surface area contributed by atoms with Crippen LogP contribution in [0, 0.1) is 0 Å². The van der Waals surface area contributed by atoms with Crippen molar-refractivity contribution in [2.24, 2.45) is 11.5 Å². The maximum atomic E-state index is 12.0. The third kappa shape index (κ3) is 2.65. The standard InChI is InChI=1S/C10H16N6O2/c11-7(1-2-8(12)17)10(18)15-3-4-16-6-13-14-9(16)5-15/h6-7H,1-5,11H2,(H2,12,17)/t7-/m0/s1. The van der Waals surface area contributed by atoms with Crippen LogP contribution in [0.5, 0.6) is 0 Å². The van der Waals surface area contributed by atoms with Gasteiger partial charge in [-0.1, -0.05) is 0 Å². The molecule has 1 aliphatic rings. The molecule has 2 rings (SSSR count). The van der Waals surface area contributed by atoms with E-state index in [1.54, 1.807) is 11.2 Å². The van der Waals surface area contributed by atoms with Crippen LogP contribution in [0.2, 0.25) is 0 Å². The summed E-state index contributed by atoms with van der Waals surface area (Å²) in [6, 6.07) is -0.688. The van der Waals surface area contributed by atoms with Gasteiger partial charge in [0.1, 0.15) is 6.33 Å². The Morgan fingerprint density at radius 3 is 2.94 bits per heavy atom. The maximum absolute atomic E-state index is 12.0. The fourth-order valence-corrected chi connectivity index (χ4v) is 1.91. The minimum Gasteiger partial charge on any atom is -0.370 e. The molecule has 98 valence electrons. The smallest absolute Gasteiger partial charge is 0.239 e. The Labute approximate surface area is 104 Å². The van der Waals surface area contributed by atoms with E-state index in [9.17, 15) is 9.59 Å². The molecule has 0 saturated heterocycles. The van der Waals surface area contributed by atoms with Gasteiger partial charge in [0.05, 0.1) is 12.6 Å². The van der Waals surface area contributed by atoms with Gasteiger partial charge in [-0.3, -0.25) is 9.59 Å². The molecule has 0 spiro atoms. The highest BCUT2D eigenvalue weighted by molar-refractivity contribution is 5.82. The van der Waals surface area contributed by atoms with Crippen molar-refractivity contribution in [2.45, 2.75) is 32.0 Å². The van der Waals surface area contributed by atoms with Crippen LogP contribution in [-0.2, 0) is 22.7 Å². The van der Waals surface area contributed by atoms with Gasteiger partial charge < -0.3 is 20.9 Å². The molecular weight excluding hydrogens is 236 g/mol. The first-order valence-corrected chi connectivity index (χ1v) is 5.77. The van der Waals surface area contributed by atoms with Crippen molar-refractivity contribution >= 4 is 11.8 Å². The van der Waals surface area contributed by atoms with Crippen molar-refractivity contribution in [3.8, 4) is 0 Å². The van der Waals surface area contributed by atoms with Gasteiger partial charge in [-0.05, 0) is 6.42 Å². The van der Waals surface area contributed by atoms with E-state index in [-0.39, 0.29) is 18.7 Å². The van der Waals surface area contributed by atoms with Crippen LogP contribution in [-0.4, -0.2) is 44.1 Å². The second-order valence-electron chi connectivity index (χ2n) is 4.31. The summed E-state index contributed by atoms with van der Waals surface area (Å²) >= 11 is 0. The summed E-state index contributed by atoms with van der Waals surface area (Å²) in [7, 11) is 0. The van der Waals surface area contributed by atoms with Crippen LogP contribution < -0.4 is 11.5 Å². The molecule has 0 aliphatic carbocycles. The number of primary amides is 1. The van der Waals surface area contributed by atoms with E-state index in [4.69, 9.17) is 11.5 Å². The second-order valence-corrected chi connectivity index (χ2v) is 4.31. The molecule has 0 bridgehead atoms. The summed E-state index contributed by atoms with van der Waals surface area (Å²) in [5, 5.41) is 7.71. The van der Waals surface area contributed by atoms with Crippen LogP contribution in [0.25, 0.3) is 0 Å². The SMILES string of the molecule is NC(=O)CC[C@H](N)C(=O)N1CCn2cnnc2C1. The van der Waals surface area contributed by atoms with E-state index in [0.717, 1.165) is 5.82 Å². The van der Waals surface area contributed by atoms with E-state index in [1.807, 2.05) is 4.57 Å². The molecule has 1 aromatic rings. The van der Waals surface area contributed by atoms with Gasteiger partial charge in [-0.25, -0.2) is 0 Å². The lowest BCUT2D eigenvalue weighted by atomic mass is 10.1. The summed E-state index contributed by atoms with van der Waals surface area (Å²) in [6.07, 6.45) is 2.04. The normalized spacial score (nSPS) is 16.2. The average molecular weight is 252 g/mol. The molecule has 0 unspecified atom stereocenters. The fraction of sp³-hybridized carbons (Fsp3) is 0.600. The van der Waals surface area contributed by atoms with Crippen LogP contribution in [0.3, 0.4) is 0 Å². The molecule has 4 N–H and O–H groups in total. The van der Waals surface area contributed by atoms with Crippen LogP contribution in [0.4, 0.5) is 0 Å². The third-order valence-corrected chi connectivity index (χ3v) is 2.97. The van der Waals surface area contributed by atoms with E-state index in [2.05, 4.69) is 10.2 Å². The molecule has 1 aromatic heterocycles. The predicted octanol–water partition coefficient (Wildman–Crippen LogP) is -1.79. The molecular formula is C10H16N6O2. The molecule has 0 aromatic carbocycles. The molecule has 0 radical (unpaired) electrons. The minimum atomic E-state index is -0.688. The summed E-state index contributed by atoms with van der Waals surface area (Å²) in [6.45, 7) is 1.65. The Morgan fingerprint density at radius 1 is 1.44 bits per heavy atom. The molecule has 18 heavy (non-hydrogen) atoms. The topological polar surface area (TPSA) is 120 Å². The summed E-state index contributed by atoms with van der Waals surface area (Å²) in [5.41, 5.74) is 10.8. The molecule has 1 aliphatic heterocycles. The molecule has 0 fully saturated rings. The number of carbonyl (C=O) groups excluding carboxylic acids is 2. The molecule has 1 atom stereocenters.